The lowest BCUT2D eigenvalue weighted by molar-refractivity contribution is 0.305. The molecule has 0 heterocycles. The van der Waals surface area contributed by atoms with Gasteiger partial charge in [-0.3, -0.25) is 0 Å². The van der Waals surface area contributed by atoms with E-state index in [1.165, 1.54) is 0 Å². The van der Waals surface area contributed by atoms with E-state index in [0.29, 0.717) is 13.2 Å². The van der Waals surface area contributed by atoms with Crippen LogP contribution in [0.1, 0.15) is 11.1 Å². The Morgan fingerprint density at radius 1 is 0.850 bits per heavy atom. The van der Waals surface area contributed by atoms with Gasteiger partial charge in [0.25, 0.3) is 0 Å². The second-order valence-corrected chi connectivity index (χ2v) is 4.27. The Kier molecular flexibility index (Phi) is 5.05. The molecule has 3 heteroatoms. The van der Waals surface area contributed by atoms with Crippen LogP contribution >= 0.6 is 0 Å². The van der Waals surface area contributed by atoms with Gasteiger partial charge in [0.1, 0.15) is 24.7 Å². The van der Waals surface area contributed by atoms with E-state index >= 15 is 0 Å². The Bertz CT molecular complexity index is 567. The minimum absolute atomic E-state index is 0.281. The van der Waals surface area contributed by atoms with Crippen LogP contribution in [-0.2, 0) is 13.2 Å². The van der Waals surface area contributed by atoms with Crippen molar-refractivity contribution in [3.63, 3.8) is 0 Å². The molecule has 0 fully saturated rings. The van der Waals surface area contributed by atoms with Gasteiger partial charge in [-0.2, -0.15) is 0 Å². The second kappa shape index (κ2) is 7.22. The fourth-order valence-corrected chi connectivity index (χ4v) is 1.70. The molecule has 2 aromatic carbocycles. The summed E-state index contributed by atoms with van der Waals surface area (Å²) in [5.41, 5.74) is 7.71. The molecule has 0 bridgehead atoms. The molecule has 0 aliphatic heterocycles. The molecule has 20 heavy (non-hydrogen) atoms. The first-order chi connectivity index (χ1) is 9.81. The van der Waals surface area contributed by atoms with Crippen LogP contribution in [0.5, 0.6) is 11.5 Å². The first kappa shape index (κ1) is 14.0. The minimum atomic E-state index is 0.281. The van der Waals surface area contributed by atoms with E-state index in [4.69, 9.17) is 21.6 Å². The van der Waals surface area contributed by atoms with E-state index in [1.54, 1.807) is 0 Å². The zero-order valence-electron chi connectivity index (χ0n) is 11.2. The second-order valence-electron chi connectivity index (χ2n) is 4.27. The number of terminal acetylenes is 1. The van der Waals surface area contributed by atoms with Crippen molar-refractivity contribution in [1.29, 1.82) is 0 Å². The molecule has 2 aromatic rings. The van der Waals surface area contributed by atoms with E-state index in [0.717, 1.165) is 22.6 Å². The molecule has 0 spiro atoms. The molecular weight excluding hydrogens is 250 g/mol. The van der Waals surface area contributed by atoms with Crippen molar-refractivity contribution in [3.8, 4) is 23.8 Å². The fourth-order valence-electron chi connectivity index (χ4n) is 1.70. The number of benzene rings is 2. The Morgan fingerprint density at radius 3 is 1.95 bits per heavy atom. The van der Waals surface area contributed by atoms with Crippen molar-refractivity contribution in [2.45, 2.75) is 13.2 Å². The molecule has 0 unspecified atom stereocenters. The van der Waals surface area contributed by atoms with E-state index < -0.39 is 0 Å². The molecule has 0 aromatic heterocycles. The normalized spacial score (nSPS) is 9.80. The smallest absolute Gasteiger partial charge is 0.148 e. The average Bonchev–Trinajstić information content (AvgIpc) is 2.52. The number of rotatable bonds is 6. The van der Waals surface area contributed by atoms with Crippen LogP contribution < -0.4 is 15.2 Å². The zero-order chi connectivity index (χ0) is 14.2. The van der Waals surface area contributed by atoms with Crippen molar-refractivity contribution in [2.75, 3.05) is 6.61 Å². The third kappa shape index (κ3) is 4.04. The van der Waals surface area contributed by atoms with Crippen molar-refractivity contribution >= 4 is 0 Å². The van der Waals surface area contributed by atoms with Gasteiger partial charge in [-0.05, 0) is 35.4 Å². The van der Waals surface area contributed by atoms with E-state index in [-0.39, 0.29) is 6.61 Å². The Balaban J connectivity index is 1.88. The summed E-state index contributed by atoms with van der Waals surface area (Å²) in [5.74, 6) is 4.02. The largest absolute Gasteiger partial charge is 0.489 e. The maximum Gasteiger partial charge on any atom is 0.148 e. The topological polar surface area (TPSA) is 44.5 Å². The van der Waals surface area contributed by atoms with Gasteiger partial charge < -0.3 is 15.2 Å². The minimum Gasteiger partial charge on any atom is -0.489 e. The fraction of sp³-hybridized carbons (Fsp3) is 0.176. The lowest BCUT2D eigenvalue weighted by Crippen LogP contribution is -1.98. The van der Waals surface area contributed by atoms with Crippen molar-refractivity contribution < 1.29 is 9.47 Å². The lowest BCUT2D eigenvalue weighted by Gasteiger charge is -2.08. The van der Waals surface area contributed by atoms with Gasteiger partial charge in [0, 0.05) is 6.54 Å². The van der Waals surface area contributed by atoms with Crippen LogP contribution in [0.25, 0.3) is 0 Å². The molecule has 3 nitrogen and oxygen atoms in total. The number of hydrogen-bond donors (Lipinski definition) is 1. The summed E-state index contributed by atoms with van der Waals surface area (Å²) in [6, 6.07) is 15.5. The molecule has 0 saturated carbocycles. The highest BCUT2D eigenvalue weighted by molar-refractivity contribution is 5.29. The van der Waals surface area contributed by atoms with Gasteiger partial charge in [-0.15, -0.1) is 6.42 Å². The SMILES string of the molecule is C#CCOc1ccc(COc2ccc(CN)cc2)cc1. The summed E-state index contributed by atoms with van der Waals surface area (Å²) < 4.78 is 11.0. The number of nitrogens with two attached hydrogens (primary N) is 1. The van der Waals surface area contributed by atoms with Gasteiger partial charge in [-0.1, -0.05) is 30.2 Å². The molecule has 0 amide bonds. The summed E-state index contributed by atoms with van der Waals surface area (Å²) in [7, 11) is 0. The highest BCUT2D eigenvalue weighted by Crippen LogP contribution is 2.16. The summed E-state index contributed by atoms with van der Waals surface area (Å²) in [4.78, 5) is 0. The molecule has 2 N–H and O–H groups in total. The molecule has 0 atom stereocenters. The van der Waals surface area contributed by atoms with E-state index in [1.807, 2.05) is 48.5 Å². The summed E-state index contributed by atoms with van der Waals surface area (Å²) in [5, 5.41) is 0. The maximum absolute atomic E-state index is 5.70. The number of ether oxygens (including phenoxy) is 2. The molecule has 0 aliphatic carbocycles. The first-order valence-corrected chi connectivity index (χ1v) is 6.39. The predicted octanol–water partition coefficient (Wildman–Crippen LogP) is 2.74. The third-order valence-corrected chi connectivity index (χ3v) is 2.81. The average molecular weight is 267 g/mol. The molecule has 0 saturated heterocycles. The van der Waals surface area contributed by atoms with Crippen LogP contribution in [0, 0.1) is 12.3 Å². The van der Waals surface area contributed by atoms with Gasteiger partial charge >= 0.3 is 0 Å². The van der Waals surface area contributed by atoms with Gasteiger partial charge in [0.15, 0.2) is 0 Å². The van der Waals surface area contributed by atoms with Crippen LogP contribution in [0.2, 0.25) is 0 Å². The van der Waals surface area contributed by atoms with Gasteiger partial charge in [0.05, 0.1) is 0 Å². The highest BCUT2D eigenvalue weighted by atomic mass is 16.5. The van der Waals surface area contributed by atoms with Crippen LogP contribution in [0.4, 0.5) is 0 Å². The van der Waals surface area contributed by atoms with Crippen LogP contribution in [0.15, 0.2) is 48.5 Å². The molecule has 0 aliphatic rings. The molecule has 0 radical (unpaired) electrons. The molecule has 102 valence electrons. The predicted molar refractivity (Wildman–Crippen MR) is 79.4 cm³/mol. The summed E-state index contributed by atoms with van der Waals surface area (Å²) in [6.45, 7) is 1.33. The molecular formula is C17H17NO2. The Labute approximate surface area is 119 Å². The Morgan fingerprint density at radius 2 is 1.40 bits per heavy atom. The standard InChI is InChI=1S/C17H17NO2/c1-2-11-19-16-9-5-15(6-10-16)13-20-17-7-3-14(12-18)4-8-17/h1,3-10H,11-13,18H2. The number of hydrogen-bond acceptors (Lipinski definition) is 3. The van der Waals surface area contributed by atoms with Crippen LogP contribution in [0.3, 0.4) is 0 Å². The van der Waals surface area contributed by atoms with Crippen molar-refractivity contribution in [2.24, 2.45) is 5.73 Å². The van der Waals surface area contributed by atoms with E-state index in [2.05, 4.69) is 5.92 Å². The third-order valence-electron chi connectivity index (χ3n) is 2.81. The first-order valence-electron chi connectivity index (χ1n) is 6.39. The quantitative estimate of drug-likeness (QED) is 0.818. The monoisotopic (exact) mass is 267 g/mol. The maximum atomic E-state index is 5.70. The van der Waals surface area contributed by atoms with Gasteiger partial charge in [0.2, 0.25) is 0 Å². The van der Waals surface area contributed by atoms with Gasteiger partial charge in [-0.25, -0.2) is 0 Å². The highest BCUT2D eigenvalue weighted by Gasteiger charge is 1.98. The molecule has 2 rings (SSSR count). The summed E-state index contributed by atoms with van der Waals surface area (Å²) >= 11 is 0. The van der Waals surface area contributed by atoms with E-state index in [9.17, 15) is 0 Å². The van der Waals surface area contributed by atoms with Crippen molar-refractivity contribution in [3.05, 3.63) is 59.7 Å². The lowest BCUT2D eigenvalue weighted by atomic mass is 10.2. The zero-order valence-corrected chi connectivity index (χ0v) is 11.2. The van der Waals surface area contributed by atoms with Crippen molar-refractivity contribution in [1.82, 2.24) is 0 Å². The van der Waals surface area contributed by atoms with Crippen LogP contribution in [-0.4, -0.2) is 6.61 Å². The Hall–Kier alpha value is -2.44. The summed E-state index contributed by atoms with van der Waals surface area (Å²) in [6.07, 6.45) is 5.14.